The van der Waals surface area contributed by atoms with Gasteiger partial charge in [0.05, 0.1) is 6.04 Å². The number of ether oxygens (including phenoxy) is 1. The molecule has 3 aromatic rings. The second-order valence-electron chi connectivity index (χ2n) is 5.26. The van der Waals surface area contributed by atoms with E-state index in [2.05, 4.69) is 0 Å². The van der Waals surface area contributed by atoms with Crippen LogP contribution in [0.1, 0.15) is 28.7 Å². The zero-order valence-electron chi connectivity index (χ0n) is 12.5. The predicted octanol–water partition coefficient (Wildman–Crippen LogP) is 4.22. The maximum Gasteiger partial charge on any atom is 0.146 e. The van der Waals surface area contributed by atoms with Gasteiger partial charge in [-0.25, -0.2) is 0 Å². The lowest BCUT2D eigenvalue weighted by atomic mass is 10.00. The van der Waals surface area contributed by atoms with Crippen LogP contribution in [0.4, 0.5) is 0 Å². The summed E-state index contributed by atoms with van der Waals surface area (Å²) in [6, 6.07) is 21.7. The zero-order chi connectivity index (χ0) is 15.4. The van der Waals surface area contributed by atoms with Crippen molar-refractivity contribution in [3.05, 3.63) is 89.4 Å². The van der Waals surface area contributed by atoms with Crippen molar-refractivity contribution < 1.29 is 9.15 Å². The van der Waals surface area contributed by atoms with Crippen molar-refractivity contribution in [2.24, 2.45) is 5.73 Å². The second kappa shape index (κ2) is 6.50. The van der Waals surface area contributed by atoms with Crippen LogP contribution in [0.15, 0.2) is 71.1 Å². The first-order chi connectivity index (χ1) is 10.7. The monoisotopic (exact) mass is 293 g/mol. The summed E-state index contributed by atoms with van der Waals surface area (Å²) in [4.78, 5) is 0. The summed E-state index contributed by atoms with van der Waals surface area (Å²) >= 11 is 0. The average molecular weight is 293 g/mol. The first-order valence-corrected chi connectivity index (χ1v) is 7.31. The summed E-state index contributed by atoms with van der Waals surface area (Å²) in [5, 5.41) is 0. The number of furan rings is 1. The van der Waals surface area contributed by atoms with E-state index in [9.17, 15) is 0 Å². The highest BCUT2D eigenvalue weighted by Gasteiger charge is 2.08. The van der Waals surface area contributed by atoms with Crippen LogP contribution in [0.3, 0.4) is 0 Å². The molecule has 22 heavy (non-hydrogen) atoms. The molecule has 0 aliphatic heterocycles. The van der Waals surface area contributed by atoms with Gasteiger partial charge in [0, 0.05) is 0 Å². The Morgan fingerprint density at radius 3 is 2.23 bits per heavy atom. The molecule has 1 heterocycles. The van der Waals surface area contributed by atoms with Gasteiger partial charge in [-0.1, -0.05) is 42.5 Å². The molecule has 0 spiro atoms. The molecule has 1 unspecified atom stereocenters. The number of benzene rings is 2. The van der Waals surface area contributed by atoms with Crippen molar-refractivity contribution in [1.29, 1.82) is 0 Å². The van der Waals surface area contributed by atoms with Gasteiger partial charge in [-0.2, -0.15) is 0 Å². The van der Waals surface area contributed by atoms with Crippen molar-refractivity contribution >= 4 is 0 Å². The fourth-order valence-corrected chi connectivity index (χ4v) is 2.34. The van der Waals surface area contributed by atoms with E-state index in [4.69, 9.17) is 14.9 Å². The normalized spacial score (nSPS) is 12.1. The molecule has 0 aliphatic rings. The molecule has 3 heteroatoms. The zero-order valence-corrected chi connectivity index (χ0v) is 12.5. The number of hydrogen-bond donors (Lipinski definition) is 1. The van der Waals surface area contributed by atoms with Crippen LogP contribution in [-0.2, 0) is 6.61 Å². The van der Waals surface area contributed by atoms with E-state index in [-0.39, 0.29) is 6.04 Å². The Kier molecular flexibility index (Phi) is 4.26. The van der Waals surface area contributed by atoms with E-state index in [1.54, 1.807) is 0 Å². The van der Waals surface area contributed by atoms with Crippen LogP contribution in [0.5, 0.6) is 5.75 Å². The molecule has 0 amide bonds. The summed E-state index contributed by atoms with van der Waals surface area (Å²) in [7, 11) is 0. The van der Waals surface area contributed by atoms with E-state index in [1.807, 2.05) is 73.7 Å². The first-order valence-electron chi connectivity index (χ1n) is 7.31. The summed E-state index contributed by atoms with van der Waals surface area (Å²) in [5.74, 6) is 2.52. The molecular formula is C19H19NO2. The summed E-state index contributed by atoms with van der Waals surface area (Å²) in [6.07, 6.45) is 0. The highest BCUT2D eigenvalue weighted by molar-refractivity contribution is 5.35. The third-order valence-electron chi connectivity index (χ3n) is 3.58. The third-order valence-corrected chi connectivity index (χ3v) is 3.58. The standard InChI is InChI=1S/C19H19NO2/c1-14-7-10-18(22-14)13-21-17-11-8-16(9-12-17)19(20)15-5-3-2-4-6-15/h2-12,19H,13,20H2,1H3. The number of hydrogen-bond acceptors (Lipinski definition) is 3. The van der Waals surface area contributed by atoms with Gasteiger partial charge in [-0.15, -0.1) is 0 Å². The Balaban J connectivity index is 1.65. The van der Waals surface area contributed by atoms with Gasteiger partial charge < -0.3 is 14.9 Å². The Hall–Kier alpha value is -2.52. The number of nitrogens with two attached hydrogens (primary N) is 1. The summed E-state index contributed by atoms with van der Waals surface area (Å²) in [6.45, 7) is 2.35. The second-order valence-corrected chi connectivity index (χ2v) is 5.26. The summed E-state index contributed by atoms with van der Waals surface area (Å²) in [5.41, 5.74) is 8.44. The minimum Gasteiger partial charge on any atom is -0.486 e. The van der Waals surface area contributed by atoms with Crippen molar-refractivity contribution in [1.82, 2.24) is 0 Å². The van der Waals surface area contributed by atoms with Gasteiger partial charge in [0.15, 0.2) is 0 Å². The maximum atomic E-state index is 6.28. The molecule has 0 saturated heterocycles. The van der Waals surface area contributed by atoms with Gasteiger partial charge in [0.25, 0.3) is 0 Å². The van der Waals surface area contributed by atoms with E-state index in [1.165, 1.54) is 0 Å². The molecular weight excluding hydrogens is 274 g/mol. The topological polar surface area (TPSA) is 48.4 Å². The molecule has 3 rings (SSSR count). The molecule has 0 aliphatic carbocycles. The van der Waals surface area contributed by atoms with Crippen LogP contribution in [0.2, 0.25) is 0 Å². The van der Waals surface area contributed by atoms with Crippen molar-refractivity contribution in [3.8, 4) is 5.75 Å². The van der Waals surface area contributed by atoms with Gasteiger partial charge in [-0.3, -0.25) is 0 Å². The van der Waals surface area contributed by atoms with Crippen molar-refractivity contribution in [2.75, 3.05) is 0 Å². The van der Waals surface area contributed by atoms with Crippen LogP contribution >= 0.6 is 0 Å². The van der Waals surface area contributed by atoms with E-state index >= 15 is 0 Å². The van der Waals surface area contributed by atoms with Gasteiger partial charge >= 0.3 is 0 Å². The average Bonchev–Trinajstić information content (AvgIpc) is 2.99. The van der Waals surface area contributed by atoms with Gasteiger partial charge in [0.1, 0.15) is 23.9 Å². The Bertz CT molecular complexity index is 717. The fraction of sp³-hybridized carbons (Fsp3) is 0.158. The van der Waals surface area contributed by atoms with Crippen LogP contribution < -0.4 is 10.5 Å². The van der Waals surface area contributed by atoms with Gasteiger partial charge in [-0.05, 0) is 42.3 Å². The lowest BCUT2D eigenvalue weighted by Crippen LogP contribution is -2.11. The fourth-order valence-electron chi connectivity index (χ4n) is 2.34. The summed E-state index contributed by atoms with van der Waals surface area (Å²) < 4.78 is 11.2. The van der Waals surface area contributed by atoms with Crippen molar-refractivity contribution in [3.63, 3.8) is 0 Å². The smallest absolute Gasteiger partial charge is 0.146 e. The first kappa shape index (κ1) is 14.4. The lowest BCUT2D eigenvalue weighted by molar-refractivity contribution is 0.267. The highest BCUT2D eigenvalue weighted by Crippen LogP contribution is 2.22. The SMILES string of the molecule is Cc1ccc(COc2ccc(C(N)c3ccccc3)cc2)o1. The van der Waals surface area contributed by atoms with E-state index in [0.29, 0.717) is 6.61 Å². The third kappa shape index (κ3) is 3.38. The molecule has 112 valence electrons. The van der Waals surface area contributed by atoms with Crippen LogP contribution in [0, 0.1) is 6.92 Å². The molecule has 2 N–H and O–H groups in total. The molecule has 0 radical (unpaired) electrons. The molecule has 0 fully saturated rings. The molecule has 0 bridgehead atoms. The minimum atomic E-state index is -0.122. The molecule has 3 nitrogen and oxygen atoms in total. The predicted molar refractivity (Wildman–Crippen MR) is 86.7 cm³/mol. The van der Waals surface area contributed by atoms with Crippen molar-refractivity contribution in [2.45, 2.75) is 19.6 Å². The Morgan fingerprint density at radius 2 is 1.59 bits per heavy atom. The van der Waals surface area contributed by atoms with E-state index in [0.717, 1.165) is 28.4 Å². The minimum absolute atomic E-state index is 0.122. The molecule has 1 atom stereocenters. The lowest BCUT2D eigenvalue weighted by Gasteiger charge is -2.13. The van der Waals surface area contributed by atoms with Crippen LogP contribution in [-0.4, -0.2) is 0 Å². The largest absolute Gasteiger partial charge is 0.486 e. The Labute approximate surface area is 130 Å². The molecule has 0 saturated carbocycles. The number of aryl methyl sites for hydroxylation is 1. The quantitative estimate of drug-likeness (QED) is 0.766. The maximum absolute atomic E-state index is 6.28. The highest BCUT2D eigenvalue weighted by atomic mass is 16.5. The Morgan fingerprint density at radius 1 is 0.909 bits per heavy atom. The molecule has 2 aromatic carbocycles. The number of rotatable bonds is 5. The molecule has 1 aromatic heterocycles. The van der Waals surface area contributed by atoms with E-state index < -0.39 is 0 Å². The van der Waals surface area contributed by atoms with Crippen LogP contribution in [0.25, 0.3) is 0 Å². The van der Waals surface area contributed by atoms with Gasteiger partial charge in [0.2, 0.25) is 0 Å².